The first kappa shape index (κ1) is 17.7. The lowest BCUT2D eigenvalue weighted by atomic mass is 10.1. The number of allylic oxidation sites excluding steroid dienone is 2. The zero-order valence-corrected chi connectivity index (χ0v) is 15.3. The minimum atomic E-state index is 0.738. The summed E-state index contributed by atoms with van der Waals surface area (Å²) in [4.78, 5) is 16.2. The Morgan fingerprint density at radius 2 is 1.76 bits per heavy atom. The molecule has 0 aromatic heterocycles. The zero-order valence-electron chi connectivity index (χ0n) is 15.3. The third-order valence-corrected chi connectivity index (χ3v) is 5.10. The number of morpholine rings is 1. The molecule has 0 saturated carbocycles. The van der Waals surface area contributed by atoms with Crippen molar-refractivity contribution in [3.63, 3.8) is 0 Å². The summed E-state index contributed by atoms with van der Waals surface area (Å²) in [5.74, 6) is 0. The standard InChI is InChI=1S/C21H28N2O2/c1-3-22(4-2)20-9-5-17(6-10-20)15-18-7-8-19(16-24)21(18)23-11-13-25-14-12-23/h5-6,9-10,15-16H,3-4,7-8,11-14H2,1-2H3. The number of ether oxygens (including phenoxy) is 1. The van der Waals surface area contributed by atoms with Crippen LogP contribution in [0.25, 0.3) is 6.08 Å². The SMILES string of the molecule is CCN(CC)c1ccc(C=C2CCC(C=O)=C2N2CCOCC2)cc1. The van der Waals surface area contributed by atoms with E-state index >= 15 is 0 Å². The van der Waals surface area contributed by atoms with Crippen LogP contribution in [0.1, 0.15) is 32.3 Å². The molecule has 0 atom stereocenters. The van der Waals surface area contributed by atoms with Crippen molar-refractivity contribution in [2.24, 2.45) is 0 Å². The van der Waals surface area contributed by atoms with Gasteiger partial charge in [0.15, 0.2) is 0 Å². The normalized spacial score (nSPS) is 19.6. The largest absolute Gasteiger partial charge is 0.378 e. The molecule has 0 amide bonds. The fourth-order valence-corrected chi connectivity index (χ4v) is 3.73. The van der Waals surface area contributed by atoms with Crippen molar-refractivity contribution in [1.82, 2.24) is 4.90 Å². The molecule has 0 bridgehead atoms. The van der Waals surface area contributed by atoms with Gasteiger partial charge in [-0.1, -0.05) is 12.1 Å². The van der Waals surface area contributed by atoms with Crippen molar-refractivity contribution in [2.75, 3.05) is 44.3 Å². The summed E-state index contributed by atoms with van der Waals surface area (Å²) in [6.07, 6.45) is 5.07. The van der Waals surface area contributed by atoms with E-state index in [1.165, 1.54) is 16.8 Å². The van der Waals surface area contributed by atoms with Crippen molar-refractivity contribution >= 4 is 18.0 Å². The minimum absolute atomic E-state index is 0.738. The number of rotatable bonds is 6. The Bertz CT molecular complexity index is 651. The molecule has 1 fully saturated rings. The monoisotopic (exact) mass is 340 g/mol. The van der Waals surface area contributed by atoms with Gasteiger partial charge in [-0.3, -0.25) is 4.79 Å². The summed E-state index contributed by atoms with van der Waals surface area (Å²) in [6.45, 7) is 9.60. The van der Waals surface area contributed by atoms with Gasteiger partial charge < -0.3 is 14.5 Å². The van der Waals surface area contributed by atoms with Gasteiger partial charge in [-0.2, -0.15) is 0 Å². The third kappa shape index (κ3) is 3.96. The molecule has 2 aliphatic rings. The lowest BCUT2D eigenvalue weighted by Crippen LogP contribution is -2.36. The van der Waals surface area contributed by atoms with E-state index in [0.717, 1.165) is 69.8 Å². The molecule has 0 unspecified atom stereocenters. The minimum Gasteiger partial charge on any atom is -0.378 e. The number of nitrogens with zero attached hydrogens (tertiary/aromatic N) is 2. The maximum Gasteiger partial charge on any atom is 0.148 e. The molecule has 0 spiro atoms. The highest BCUT2D eigenvalue weighted by Gasteiger charge is 2.25. The summed E-state index contributed by atoms with van der Waals surface area (Å²) in [5.41, 5.74) is 5.82. The number of aldehydes is 1. The molecule has 1 aliphatic carbocycles. The number of carbonyl (C=O) groups excluding carboxylic acids is 1. The summed E-state index contributed by atoms with van der Waals surface area (Å²) < 4.78 is 5.46. The van der Waals surface area contributed by atoms with Gasteiger partial charge in [0.1, 0.15) is 6.29 Å². The lowest BCUT2D eigenvalue weighted by molar-refractivity contribution is -0.105. The fraction of sp³-hybridized carbons (Fsp3) is 0.476. The van der Waals surface area contributed by atoms with Crippen LogP contribution in [0, 0.1) is 0 Å². The number of carbonyl (C=O) groups is 1. The highest BCUT2D eigenvalue weighted by Crippen LogP contribution is 2.35. The molecule has 1 aromatic carbocycles. The van der Waals surface area contributed by atoms with Gasteiger partial charge in [-0.25, -0.2) is 0 Å². The quantitative estimate of drug-likeness (QED) is 0.742. The van der Waals surface area contributed by atoms with Crippen LogP contribution in [0.3, 0.4) is 0 Å². The van der Waals surface area contributed by atoms with Crippen molar-refractivity contribution in [3.8, 4) is 0 Å². The van der Waals surface area contributed by atoms with Crippen LogP contribution in [-0.4, -0.2) is 50.6 Å². The first-order valence-corrected chi connectivity index (χ1v) is 9.33. The second kappa shape index (κ2) is 8.34. The second-order valence-corrected chi connectivity index (χ2v) is 6.52. The highest BCUT2D eigenvalue weighted by atomic mass is 16.5. The van der Waals surface area contributed by atoms with Gasteiger partial charge in [0.25, 0.3) is 0 Å². The lowest BCUT2D eigenvalue weighted by Gasteiger charge is -2.31. The van der Waals surface area contributed by atoms with Gasteiger partial charge in [0, 0.05) is 43.1 Å². The van der Waals surface area contributed by atoms with E-state index in [4.69, 9.17) is 4.74 Å². The molecule has 1 aromatic rings. The van der Waals surface area contributed by atoms with Crippen LogP contribution in [0.5, 0.6) is 0 Å². The number of hydrogen-bond acceptors (Lipinski definition) is 4. The molecule has 4 heteroatoms. The fourth-order valence-electron chi connectivity index (χ4n) is 3.73. The predicted octanol–water partition coefficient (Wildman–Crippen LogP) is 3.50. The molecular weight excluding hydrogens is 312 g/mol. The summed E-state index contributed by atoms with van der Waals surface area (Å²) >= 11 is 0. The molecule has 134 valence electrons. The van der Waals surface area contributed by atoms with Crippen LogP contribution in [0.4, 0.5) is 5.69 Å². The molecule has 1 aliphatic heterocycles. The van der Waals surface area contributed by atoms with Crippen LogP contribution in [0.2, 0.25) is 0 Å². The molecular formula is C21H28N2O2. The van der Waals surface area contributed by atoms with Crippen LogP contribution < -0.4 is 4.90 Å². The van der Waals surface area contributed by atoms with Gasteiger partial charge >= 0.3 is 0 Å². The van der Waals surface area contributed by atoms with Gasteiger partial charge in [-0.15, -0.1) is 0 Å². The molecule has 3 rings (SSSR count). The van der Waals surface area contributed by atoms with Crippen LogP contribution in [-0.2, 0) is 9.53 Å². The van der Waals surface area contributed by atoms with E-state index in [2.05, 4.69) is 54.0 Å². The molecule has 1 heterocycles. The van der Waals surface area contributed by atoms with Crippen LogP contribution in [0.15, 0.2) is 41.1 Å². The topological polar surface area (TPSA) is 32.8 Å². The van der Waals surface area contributed by atoms with E-state index in [-0.39, 0.29) is 0 Å². The van der Waals surface area contributed by atoms with E-state index in [9.17, 15) is 4.79 Å². The zero-order chi connectivity index (χ0) is 17.6. The van der Waals surface area contributed by atoms with Gasteiger partial charge in [0.2, 0.25) is 0 Å². The Hall–Kier alpha value is -2.07. The Balaban J connectivity index is 1.84. The molecule has 0 N–H and O–H groups in total. The molecule has 4 nitrogen and oxygen atoms in total. The molecule has 0 radical (unpaired) electrons. The Morgan fingerprint density at radius 3 is 2.36 bits per heavy atom. The summed E-state index contributed by atoms with van der Waals surface area (Å²) in [5, 5.41) is 0. The van der Waals surface area contributed by atoms with Crippen molar-refractivity contribution in [1.29, 1.82) is 0 Å². The Kier molecular flexibility index (Phi) is 5.92. The predicted molar refractivity (Wildman–Crippen MR) is 103 cm³/mol. The summed E-state index contributed by atoms with van der Waals surface area (Å²) in [6, 6.07) is 8.73. The highest BCUT2D eigenvalue weighted by molar-refractivity contribution is 5.80. The van der Waals surface area contributed by atoms with Gasteiger partial charge in [0.05, 0.1) is 13.2 Å². The number of anilines is 1. The Labute approximate surface area is 150 Å². The first-order valence-electron chi connectivity index (χ1n) is 9.33. The van der Waals surface area contributed by atoms with E-state index in [1.807, 2.05) is 0 Å². The van der Waals surface area contributed by atoms with Crippen LogP contribution >= 0.6 is 0 Å². The number of hydrogen-bond donors (Lipinski definition) is 0. The smallest absolute Gasteiger partial charge is 0.148 e. The molecule has 1 saturated heterocycles. The van der Waals surface area contributed by atoms with Crippen molar-refractivity contribution < 1.29 is 9.53 Å². The Morgan fingerprint density at radius 1 is 1.08 bits per heavy atom. The van der Waals surface area contributed by atoms with Gasteiger partial charge in [-0.05, 0) is 56.0 Å². The van der Waals surface area contributed by atoms with E-state index in [0.29, 0.717) is 0 Å². The van der Waals surface area contributed by atoms with Crippen molar-refractivity contribution in [2.45, 2.75) is 26.7 Å². The third-order valence-electron chi connectivity index (χ3n) is 5.10. The van der Waals surface area contributed by atoms with Crippen molar-refractivity contribution in [3.05, 3.63) is 46.7 Å². The molecule has 25 heavy (non-hydrogen) atoms. The maximum absolute atomic E-state index is 11.5. The second-order valence-electron chi connectivity index (χ2n) is 6.52. The average molecular weight is 340 g/mol. The van der Waals surface area contributed by atoms with E-state index < -0.39 is 0 Å². The number of benzene rings is 1. The average Bonchev–Trinajstić information content (AvgIpc) is 3.07. The maximum atomic E-state index is 11.5. The van der Waals surface area contributed by atoms with E-state index in [1.54, 1.807) is 0 Å². The summed E-state index contributed by atoms with van der Waals surface area (Å²) in [7, 11) is 0. The first-order chi connectivity index (χ1) is 12.3.